The van der Waals surface area contributed by atoms with Gasteiger partial charge in [-0.05, 0) is 20.8 Å². The second-order valence-electron chi connectivity index (χ2n) is 9.02. The van der Waals surface area contributed by atoms with Crippen LogP contribution in [0.4, 0.5) is 5.69 Å². The summed E-state index contributed by atoms with van der Waals surface area (Å²) in [7, 11) is 0.794. The predicted octanol–water partition coefficient (Wildman–Crippen LogP) is 4.72. The number of aryl methyl sites for hydroxylation is 1. The van der Waals surface area contributed by atoms with Gasteiger partial charge in [-0.2, -0.15) is 0 Å². The van der Waals surface area contributed by atoms with Crippen molar-refractivity contribution in [3.05, 3.63) is 41.5 Å². The number of benzene rings is 1. The number of aliphatic imine (C=N–C) groups is 1. The third-order valence-electron chi connectivity index (χ3n) is 5.63. The topological polar surface area (TPSA) is 35.9 Å². The van der Waals surface area contributed by atoms with Crippen LogP contribution in [-0.2, 0) is 4.70 Å². The molecule has 5 heteroatoms. The Morgan fingerprint density at radius 1 is 1.24 bits per heavy atom. The molecule has 1 heterocycles. The summed E-state index contributed by atoms with van der Waals surface area (Å²) in [6.45, 7) is 15.0. The Kier molecular flexibility index (Phi) is 9.79. The number of hydrogen-bond donors (Lipinski definition) is 0. The van der Waals surface area contributed by atoms with E-state index < -0.39 is 0 Å². The first-order valence-electron chi connectivity index (χ1n) is 11.0. The first-order chi connectivity index (χ1) is 13.9. The van der Waals surface area contributed by atoms with Crippen molar-refractivity contribution in [1.82, 2.24) is 4.90 Å². The van der Waals surface area contributed by atoms with E-state index in [1.54, 1.807) is 0 Å². The third kappa shape index (κ3) is 8.26. The molecule has 4 nitrogen and oxygen atoms in total. The molecule has 1 aliphatic heterocycles. The second-order valence-corrected chi connectivity index (χ2v) is 9.02. The SMILES string of the molecule is CC(C)=CCN(c1ccc(C)cc1)C1CCN(C[C@H](CC(C)C)N=CB=O)CC1. The standard InChI is InChI=1S/C24H38BN3O/c1-19(2)10-15-28(23-8-6-21(5)7-9-23)24-11-13-27(14-12-24)17-22(16-20(3)4)26-18-25-29/h6-10,18,20,22,24H,11-17H2,1-5H3/t22-/m0/s1. The van der Waals surface area contributed by atoms with Crippen molar-refractivity contribution < 1.29 is 4.70 Å². The third-order valence-corrected chi connectivity index (χ3v) is 5.63. The van der Waals surface area contributed by atoms with Crippen molar-refractivity contribution in [3.63, 3.8) is 0 Å². The Morgan fingerprint density at radius 3 is 2.45 bits per heavy atom. The maximum atomic E-state index is 10.7. The molecule has 1 aromatic carbocycles. The van der Waals surface area contributed by atoms with Gasteiger partial charge in [0.05, 0.1) is 0 Å². The van der Waals surface area contributed by atoms with Gasteiger partial charge in [0.25, 0.3) is 0 Å². The van der Waals surface area contributed by atoms with Gasteiger partial charge in [-0.1, -0.05) is 5.56 Å². The van der Waals surface area contributed by atoms with Crippen LogP contribution in [0, 0.1) is 12.8 Å². The van der Waals surface area contributed by atoms with Crippen molar-refractivity contribution in [2.45, 2.75) is 66.0 Å². The van der Waals surface area contributed by atoms with Crippen LogP contribution in [0.25, 0.3) is 0 Å². The summed E-state index contributed by atoms with van der Waals surface area (Å²) in [5.41, 5.74) is 3.99. The molecule has 0 amide bonds. The fourth-order valence-corrected chi connectivity index (χ4v) is 4.08. The Hall–Kier alpha value is -1.75. The summed E-state index contributed by atoms with van der Waals surface area (Å²) in [6.07, 6.45) is 7.12. The Bertz CT molecular complexity index is 672. The van der Waals surface area contributed by atoms with Gasteiger partial charge >= 0.3 is 152 Å². The van der Waals surface area contributed by atoms with E-state index in [-0.39, 0.29) is 6.04 Å². The number of nitrogens with zero attached hydrogens (tertiary/aromatic N) is 3. The van der Waals surface area contributed by atoms with Gasteiger partial charge in [-0.3, -0.25) is 0 Å². The number of piperidine rings is 1. The van der Waals surface area contributed by atoms with E-state index >= 15 is 0 Å². The molecule has 29 heavy (non-hydrogen) atoms. The Morgan fingerprint density at radius 2 is 1.90 bits per heavy atom. The van der Waals surface area contributed by atoms with E-state index in [1.807, 2.05) is 0 Å². The van der Waals surface area contributed by atoms with Gasteiger partial charge in [0.1, 0.15) is 0 Å². The fourth-order valence-electron chi connectivity index (χ4n) is 4.08. The minimum absolute atomic E-state index is 0.218. The molecule has 0 aliphatic carbocycles. The van der Waals surface area contributed by atoms with Crippen LogP contribution in [0.3, 0.4) is 0 Å². The average Bonchev–Trinajstić information content (AvgIpc) is 2.68. The molecular formula is C24H38BN3O. The monoisotopic (exact) mass is 395 g/mol. The molecular weight excluding hydrogens is 357 g/mol. The number of rotatable bonds is 10. The Balaban J connectivity index is 2.01. The summed E-state index contributed by atoms with van der Waals surface area (Å²) in [5, 5.41) is 0. The zero-order chi connectivity index (χ0) is 21.2. The van der Waals surface area contributed by atoms with Crippen LogP contribution in [-0.4, -0.2) is 56.4 Å². The number of anilines is 1. The molecule has 1 atom stereocenters. The summed E-state index contributed by atoms with van der Waals surface area (Å²) in [4.78, 5) is 9.58. The molecule has 0 bridgehead atoms. The molecule has 2 rings (SSSR count). The van der Waals surface area contributed by atoms with E-state index in [1.165, 1.54) is 22.9 Å². The van der Waals surface area contributed by atoms with Crippen molar-refractivity contribution in [2.75, 3.05) is 31.1 Å². The van der Waals surface area contributed by atoms with Crippen LogP contribution in [0.5, 0.6) is 0 Å². The Labute approximate surface area is 178 Å². The molecule has 1 fully saturated rings. The average molecular weight is 395 g/mol. The minimum atomic E-state index is 0.218. The number of hydrogen-bond acceptors (Lipinski definition) is 4. The van der Waals surface area contributed by atoms with Gasteiger partial charge in [0.2, 0.25) is 0 Å². The van der Waals surface area contributed by atoms with E-state index in [4.69, 9.17) is 0 Å². The molecule has 0 spiro atoms. The molecule has 1 aliphatic rings. The molecule has 0 N–H and O–H groups in total. The first-order valence-corrected chi connectivity index (χ1v) is 11.0. The summed E-state index contributed by atoms with van der Waals surface area (Å²) < 4.78 is 10.7. The molecule has 0 radical (unpaired) electrons. The predicted molar refractivity (Wildman–Crippen MR) is 126 cm³/mol. The fraction of sp³-hybridized carbons (Fsp3) is 0.625. The summed E-state index contributed by atoms with van der Waals surface area (Å²) in [6, 6.07) is 9.71. The maximum absolute atomic E-state index is 10.7. The van der Waals surface area contributed by atoms with Crippen molar-refractivity contribution >= 4 is 19.0 Å². The van der Waals surface area contributed by atoms with Gasteiger partial charge in [-0.25, -0.2) is 0 Å². The van der Waals surface area contributed by atoms with Gasteiger partial charge < -0.3 is 0 Å². The van der Waals surface area contributed by atoms with Gasteiger partial charge in [-0.15, -0.1) is 0 Å². The van der Waals surface area contributed by atoms with Crippen LogP contribution >= 0.6 is 0 Å². The quantitative estimate of drug-likeness (QED) is 0.327. The van der Waals surface area contributed by atoms with Gasteiger partial charge in [0.15, 0.2) is 0 Å². The second kappa shape index (κ2) is 12.1. The molecule has 0 aromatic heterocycles. The van der Waals surface area contributed by atoms with Crippen molar-refractivity contribution in [1.29, 1.82) is 0 Å². The van der Waals surface area contributed by atoms with E-state index in [2.05, 4.69) is 79.8 Å². The molecule has 0 unspecified atom stereocenters. The van der Waals surface area contributed by atoms with Crippen molar-refractivity contribution in [3.8, 4) is 0 Å². The summed E-state index contributed by atoms with van der Waals surface area (Å²) >= 11 is 0. The van der Waals surface area contributed by atoms with E-state index in [9.17, 15) is 4.70 Å². The van der Waals surface area contributed by atoms with Crippen LogP contribution in [0.1, 0.15) is 52.5 Å². The van der Waals surface area contributed by atoms with Crippen LogP contribution in [0.15, 0.2) is 40.9 Å². The van der Waals surface area contributed by atoms with E-state index in [0.29, 0.717) is 12.0 Å². The van der Waals surface area contributed by atoms with E-state index in [0.717, 1.165) is 52.6 Å². The molecule has 0 saturated carbocycles. The normalized spacial score (nSPS) is 16.8. The summed E-state index contributed by atoms with van der Waals surface area (Å²) in [5.74, 6) is 0.586. The first kappa shape index (κ1) is 23.5. The van der Waals surface area contributed by atoms with Crippen molar-refractivity contribution in [2.24, 2.45) is 10.9 Å². The molecule has 1 aromatic rings. The zero-order valence-corrected chi connectivity index (χ0v) is 19.0. The van der Waals surface area contributed by atoms with Gasteiger partial charge in [0, 0.05) is 0 Å². The van der Waals surface area contributed by atoms with Crippen LogP contribution in [0.2, 0.25) is 0 Å². The number of likely N-dealkylation sites (tertiary alicyclic amines) is 1. The number of allylic oxidation sites excluding steroid dienone is 1. The molecule has 1 saturated heterocycles. The van der Waals surface area contributed by atoms with Crippen LogP contribution < -0.4 is 4.90 Å². The molecule has 158 valence electrons. The zero-order valence-electron chi connectivity index (χ0n) is 19.0.